The fourth-order valence-corrected chi connectivity index (χ4v) is 1.11. The highest BCUT2D eigenvalue weighted by Gasteiger charge is 2.03. The Kier molecular flexibility index (Phi) is 4.56. The number of rotatable bonds is 6. The van der Waals surface area contributed by atoms with Crippen molar-refractivity contribution in [1.29, 1.82) is 0 Å². The van der Waals surface area contributed by atoms with Gasteiger partial charge in [-0.3, -0.25) is 0 Å². The number of nitrogens with zero attached hydrogens (tertiary/aromatic N) is 1. The summed E-state index contributed by atoms with van der Waals surface area (Å²) in [6.45, 7) is 0.848. The van der Waals surface area contributed by atoms with Crippen molar-refractivity contribution in [3.8, 4) is 0 Å². The normalized spacial score (nSPS) is 9.93. The molecule has 5 nitrogen and oxygen atoms in total. The summed E-state index contributed by atoms with van der Waals surface area (Å²) in [7, 11) is 0. The first-order valence-corrected chi connectivity index (χ1v) is 4.78. The number of hydrogen-bond donors (Lipinski definition) is 3. The number of aromatic nitrogens is 1. The fourth-order valence-electron chi connectivity index (χ4n) is 1.11. The van der Waals surface area contributed by atoms with Crippen molar-refractivity contribution >= 4 is 11.8 Å². The van der Waals surface area contributed by atoms with Crippen molar-refractivity contribution in [2.45, 2.75) is 12.8 Å². The highest BCUT2D eigenvalue weighted by molar-refractivity contribution is 5.88. The van der Waals surface area contributed by atoms with Crippen molar-refractivity contribution in [2.75, 3.05) is 18.5 Å². The maximum atomic E-state index is 10.6. The first-order chi connectivity index (χ1) is 7.24. The van der Waals surface area contributed by atoms with Gasteiger partial charge in [0.05, 0.1) is 5.56 Å². The van der Waals surface area contributed by atoms with Crippen LogP contribution in [-0.4, -0.2) is 34.3 Å². The number of pyridine rings is 1. The van der Waals surface area contributed by atoms with Gasteiger partial charge in [0, 0.05) is 19.3 Å². The molecule has 1 heterocycles. The molecule has 0 saturated carbocycles. The van der Waals surface area contributed by atoms with Crippen LogP contribution in [0.1, 0.15) is 23.2 Å². The number of aliphatic hydroxyl groups excluding tert-OH is 1. The van der Waals surface area contributed by atoms with Crippen LogP contribution >= 0.6 is 0 Å². The fraction of sp³-hybridized carbons (Fsp3) is 0.400. The molecule has 5 heteroatoms. The van der Waals surface area contributed by atoms with Gasteiger partial charge >= 0.3 is 5.97 Å². The third-order valence-corrected chi connectivity index (χ3v) is 1.90. The van der Waals surface area contributed by atoms with Crippen molar-refractivity contribution < 1.29 is 15.0 Å². The van der Waals surface area contributed by atoms with Gasteiger partial charge in [-0.15, -0.1) is 0 Å². The molecule has 1 rings (SSSR count). The molecule has 0 unspecified atom stereocenters. The summed E-state index contributed by atoms with van der Waals surface area (Å²) >= 11 is 0. The molecule has 0 atom stereocenters. The van der Waals surface area contributed by atoms with Crippen LogP contribution in [0.15, 0.2) is 18.3 Å². The Bertz CT molecular complexity index is 328. The number of anilines is 1. The molecule has 82 valence electrons. The Labute approximate surface area is 87.8 Å². The largest absolute Gasteiger partial charge is 0.478 e. The Morgan fingerprint density at radius 1 is 1.47 bits per heavy atom. The molecule has 0 radical (unpaired) electrons. The number of carbonyl (C=O) groups is 1. The van der Waals surface area contributed by atoms with E-state index in [9.17, 15) is 4.79 Å². The van der Waals surface area contributed by atoms with E-state index in [4.69, 9.17) is 10.2 Å². The van der Waals surface area contributed by atoms with Gasteiger partial charge in [0.25, 0.3) is 0 Å². The van der Waals surface area contributed by atoms with Gasteiger partial charge in [-0.05, 0) is 25.0 Å². The standard InChI is InChI=1S/C10H14N2O3/c13-6-2-1-4-11-9-7-8(10(14)15)3-5-12-9/h3,5,7,13H,1-2,4,6H2,(H,11,12)(H,14,15). The summed E-state index contributed by atoms with van der Waals surface area (Å²) in [5.41, 5.74) is 0.217. The molecule has 0 aliphatic rings. The van der Waals surface area contributed by atoms with Crippen LogP contribution in [0.3, 0.4) is 0 Å². The molecule has 0 aliphatic carbocycles. The first-order valence-electron chi connectivity index (χ1n) is 4.78. The SMILES string of the molecule is O=C(O)c1ccnc(NCCCCO)c1. The summed E-state index contributed by atoms with van der Waals surface area (Å²) in [5, 5.41) is 20.3. The Morgan fingerprint density at radius 3 is 2.93 bits per heavy atom. The predicted octanol–water partition coefficient (Wildman–Crippen LogP) is 0.964. The zero-order valence-corrected chi connectivity index (χ0v) is 8.31. The quantitative estimate of drug-likeness (QED) is 0.609. The van der Waals surface area contributed by atoms with E-state index < -0.39 is 5.97 Å². The lowest BCUT2D eigenvalue weighted by Crippen LogP contribution is -2.05. The highest BCUT2D eigenvalue weighted by atomic mass is 16.4. The van der Waals surface area contributed by atoms with Crippen molar-refractivity contribution in [3.63, 3.8) is 0 Å². The van der Waals surface area contributed by atoms with Gasteiger partial charge in [-0.25, -0.2) is 9.78 Å². The number of unbranched alkanes of at least 4 members (excludes halogenated alkanes) is 1. The first kappa shape index (κ1) is 11.5. The zero-order valence-electron chi connectivity index (χ0n) is 8.31. The monoisotopic (exact) mass is 210 g/mol. The van der Waals surface area contributed by atoms with Crippen LogP contribution in [0.4, 0.5) is 5.82 Å². The number of aromatic carboxylic acids is 1. The smallest absolute Gasteiger partial charge is 0.335 e. The number of hydrogen-bond acceptors (Lipinski definition) is 4. The summed E-state index contributed by atoms with van der Waals surface area (Å²) in [6, 6.07) is 2.93. The van der Waals surface area contributed by atoms with E-state index in [0.29, 0.717) is 12.4 Å². The second-order valence-corrected chi connectivity index (χ2v) is 3.09. The molecular formula is C10H14N2O3. The molecule has 1 aromatic heterocycles. The number of nitrogens with one attached hydrogen (secondary N) is 1. The third kappa shape index (κ3) is 3.95. The number of carboxylic acids is 1. The van der Waals surface area contributed by atoms with Crippen molar-refractivity contribution in [3.05, 3.63) is 23.9 Å². The van der Waals surface area contributed by atoms with Gasteiger partial charge in [0.15, 0.2) is 0 Å². The van der Waals surface area contributed by atoms with E-state index in [0.717, 1.165) is 12.8 Å². The van der Waals surface area contributed by atoms with Gasteiger partial charge in [0.1, 0.15) is 5.82 Å². The average molecular weight is 210 g/mol. The summed E-state index contributed by atoms with van der Waals surface area (Å²) in [5.74, 6) is -0.413. The van der Waals surface area contributed by atoms with Gasteiger partial charge < -0.3 is 15.5 Å². The van der Waals surface area contributed by atoms with E-state index >= 15 is 0 Å². The van der Waals surface area contributed by atoms with Gasteiger partial charge in [-0.2, -0.15) is 0 Å². The summed E-state index contributed by atoms with van der Waals surface area (Å²) in [6.07, 6.45) is 3.01. The molecule has 0 saturated heterocycles. The molecule has 0 amide bonds. The molecule has 1 aromatic rings. The van der Waals surface area contributed by atoms with Gasteiger partial charge in [-0.1, -0.05) is 0 Å². The van der Waals surface area contributed by atoms with Gasteiger partial charge in [0.2, 0.25) is 0 Å². The maximum absolute atomic E-state index is 10.6. The predicted molar refractivity (Wildman–Crippen MR) is 56.0 cm³/mol. The molecule has 3 N–H and O–H groups in total. The highest BCUT2D eigenvalue weighted by Crippen LogP contribution is 2.06. The minimum atomic E-state index is -0.962. The summed E-state index contributed by atoms with van der Waals surface area (Å²) in [4.78, 5) is 14.6. The average Bonchev–Trinajstić information content (AvgIpc) is 2.25. The van der Waals surface area contributed by atoms with Crippen molar-refractivity contribution in [1.82, 2.24) is 4.98 Å². The van der Waals surface area contributed by atoms with E-state index in [2.05, 4.69) is 10.3 Å². The molecule has 0 aromatic carbocycles. The molecule has 0 spiro atoms. The second-order valence-electron chi connectivity index (χ2n) is 3.09. The van der Waals surface area contributed by atoms with E-state index in [-0.39, 0.29) is 12.2 Å². The molecular weight excluding hydrogens is 196 g/mol. The van der Waals surface area contributed by atoms with E-state index in [1.54, 1.807) is 0 Å². The lowest BCUT2D eigenvalue weighted by molar-refractivity contribution is 0.0697. The molecule has 15 heavy (non-hydrogen) atoms. The number of aliphatic hydroxyl groups is 1. The van der Waals surface area contributed by atoms with Crippen LogP contribution in [-0.2, 0) is 0 Å². The topological polar surface area (TPSA) is 82.5 Å². The van der Waals surface area contributed by atoms with Crippen molar-refractivity contribution in [2.24, 2.45) is 0 Å². The zero-order chi connectivity index (χ0) is 11.1. The third-order valence-electron chi connectivity index (χ3n) is 1.90. The second kappa shape index (κ2) is 5.98. The summed E-state index contributed by atoms with van der Waals surface area (Å²) < 4.78 is 0. The lowest BCUT2D eigenvalue weighted by Gasteiger charge is -2.04. The van der Waals surface area contributed by atoms with Crippen LogP contribution < -0.4 is 5.32 Å². The maximum Gasteiger partial charge on any atom is 0.335 e. The van der Waals surface area contributed by atoms with E-state index in [1.165, 1.54) is 18.3 Å². The van der Waals surface area contributed by atoms with Crippen LogP contribution in [0.5, 0.6) is 0 Å². The lowest BCUT2D eigenvalue weighted by atomic mass is 10.2. The minimum Gasteiger partial charge on any atom is -0.478 e. The molecule has 0 aliphatic heterocycles. The van der Waals surface area contributed by atoms with Crippen LogP contribution in [0.25, 0.3) is 0 Å². The minimum absolute atomic E-state index is 0.171. The Balaban J connectivity index is 2.47. The van der Waals surface area contributed by atoms with Crippen LogP contribution in [0.2, 0.25) is 0 Å². The van der Waals surface area contributed by atoms with E-state index in [1.807, 2.05) is 0 Å². The number of carboxylic acid groups (broad SMARTS) is 1. The molecule has 0 bridgehead atoms. The Hall–Kier alpha value is -1.62. The van der Waals surface area contributed by atoms with Crippen LogP contribution in [0, 0.1) is 0 Å². The Morgan fingerprint density at radius 2 is 2.27 bits per heavy atom. The molecule has 0 fully saturated rings.